The van der Waals surface area contributed by atoms with Gasteiger partial charge in [0, 0.05) is 19.3 Å². The summed E-state index contributed by atoms with van der Waals surface area (Å²) in [5, 5.41) is 7.83. The minimum Gasteiger partial charge on any atom is -0.341 e. The first kappa shape index (κ1) is 13.2. The molecule has 0 N–H and O–H groups in total. The summed E-state index contributed by atoms with van der Waals surface area (Å²) >= 11 is 0. The van der Waals surface area contributed by atoms with Gasteiger partial charge < -0.3 is 4.90 Å². The fraction of sp³-hybridized carbons (Fsp3) is 0.727. The van der Waals surface area contributed by atoms with Crippen molar-refractivity contribution in [1.82, 2.24) is 19.7 Å². The van der Waals surface area contributed by atoms with Crippen LogP contribution in [-0.4, -0.2) is 49.1 Å². The topological polar surface area (TPSA) is 68.1 Å². The van der Waals surface area contributed by atoms with E-state index in [2.05, 4.69) is 17.1 Å². The fourth-order valence-electron chi connectivity index (χ4n) is 2.24. The van der Waals surface area contributed by atoms with Crippen LogP contribution in [0.25, 0.3) is 0 Å². The van der Waals surface area contributed by atoms with Crippen molar-refractivity contribution in [3.8, 4) is 0 Å². The second-order valence-corrected chi connectivity index (χ2v) is 6.06. The first-order chi connectivity index (χ1) is 8.58. The van der Waals surface area contributed by atoms with Crippen molar-refractivity contribution in [2.45, 2.75) is 31.5 Å². The van der Waals surface area contributed by atoms with Crippen molar-refractivity contribution in [3.63, 3.8) is 0 Å². The Morgan fingerprint density at radius 2 is 2.39 bits per heavy atom. The highest BCUT2D eigenvalue weighted by Gasteiger charge is 2.22. The molecule has 18 heavy (non-hydrogen) atoms. The Labute approximate surface area is 109 Å². The lowest BCUT2D eigenvalue weighted by Gasteiger charge is -2.31. The molecule has 2 heterocycles. The highest BCUT2D eigenvalue weighted by atomic mass is 32.2. The summed E-state index contributed by atoms with van der Waals surface area (Å²) in [4.78, 5) is 14.0. The molecule has 7 heteroatoms. The second kappa shape index (κ2) is 5.60. The Morgan fingerprint density at radius 1 is 1.61 bits per heavy atom. The number of rotatable bonds is 3. The van der Waals surface area contributed by atoms with E-state index < -0.39 is 10.8 Å². The molecule has 100 valence electrons. The molecule has 0 radical (unpaired) electrons. The molecule has 2 rings (SSSR count). The molecule has 0 bridgehead atoms. The third kappa shape index (κ3) is 2.95. The summed E-state index contributed by atoms with van der Waals surface area (Å²) < 4.78 is 13.0. The predicted octanol–water partition coefficient (Wildman–Crippen LogP) is 0.274. The van der Waals surface area contributed by atoms with Crippen LogP contribution in [0.3, 0.4) is 0 Å². The molecular formula is C11H18N4O2S. The number of piperidine rings is 1. The Kier molecular flexibility index (Phi) is 4.11. The monoisotopic (exact) mass is 270 g/mol. The average molecular weight is 270 g/mol. The highest BCUT2D eigenvalue weighted by Crippen LogP contribution is 2.16. The number of nitrogens with zero attached hydrogens (tertiary/aromatic N) is 4. The summed E-state index contributed by atoms with van der Waals surface area (Å²) in [6.45, 7) is 3.96. The van der Waals surface area contributed by atoms with E-state index >= 15 is 0 Å². The zero-order valence-corrected chi connectivity index (χ0v) is 11.5. The summed E-state index contributed by atoms with van der Waals surface area (Å²) in [5.74, 6) is 0.608. The second-order valence-electron chi connectivity index (χ2n) is 4.78. The van der Waals surface area contributed by atoms with Crippen LogP contribution in [0.15, 0.2) is 11.5 Å². The Bertz CT molecular complexity index is 460. The van der Waals surface area contributed by atoms with E-state index in [0.717, 1.165) is 19.5 Å². The minimum atomic E-state index is -1.22. The molecule has 1 saturated heterocycles. The summed E-state index contributed by atoms with van der Waals surface area (Å²) in [5.41, 5.74) is 0. The van der Waals surface area contributed by atoms with Gasteiger partial charge in [-0.15, -0.1) is 10.2 Å². The average Bonchev–Trinajstić information content (AvgIpc) is 2.77. The molecule has 0 aliphatic carbocycles. The normalized spacial score (nSPS) is 21.9. The third-order valence-corrected chi connectivity index (χ3v) is 3.98. The molecule has 0 saturated carbocycles. The van der Waals surface area contributed by atoms with Crippen molar-refractivity contribution in [2.24, 2.45) is 5.92 Å². The SMILES string of the molecule is CC1CCCN(C(=O)Cn2cnnc2S(C)=O)C1. The number of likely N-dealkylation sites (tertiary alicyclic amines) is 1. The molecule has 1 aliphatic rings. The largest absolute Gasteiger partial charge is 0.341 e. The van der Waals surface area contributed by atoms with E-state index in [1.54, 1.807) is 4.57 Å². The van der Waals surface area contributed by atoms with Gasteiger partial charge in [0.05, 0.1) is 10.8 Å². The van der Waals surface area contributed by atoms with Gasteiger partial charge in [0.2, 0.25) is 11.1 Å². The third-order valence-electron chi connectivity index (χ3n) is 3.15. The number of aromatic nitrogens is 3. The van der Waals surface area contributed by atoms with Crippen LogP contribution in [0, 0.1) is 5.92 Å². The molecule has 1 aromatic heterocycles. The predicted molar refractivity (Wildman–Crippen MR) is 67.3 cm³/mol. The first-order valence-electron chi connectivity index (χ1n) is 6.07. The van der Waals surface area contributed by atoms with Crippen molar-refractivity contribution in [1.29, 1.82) is 0 Å². The molecule has 1 aliphatic heterocycles. The maximum atomic E-state index is 12.1. The van der Waals surface area contributed by atoms with Gasteiger partial charge in [0.25, 0.3) is 0 Å². The van der Waals surface area contributed by atoms with Crippen LogP contribution in [0.2, 0.25) is 0 Å². The van der Waals surface area contributed by atoms with Crippen molar-refractivity contribution >= 4 is 16.7 Å². The molecule has 0 spiro atoms. The summed E-state index contributed by atoms with van der Waals surface area (Å²) in [6.07, 6.45) is 5.23. The molecule has 6 nitrogen and oxygen atoms in total. The van der Waals surface area contributed by atoms with Gasteiger partial charge in [-0.05, 0) is 18.8 Å². The first-order valence-corrected chi connectivity index (χ1v) is 7.62. The lowest BCUT2D eigenvalue weighted by Crippen LogP contribution is -2.40. The maximum Gasteiger partial charge on any atom is 0.242 e. The molecule has 1 aromatic rings. The zero-order chi connectivity index (χ0) is 13.1. The quantitative estimate of drug-likeness (QED) is 0.791. The van der Waals surface area contributed by atoms with Crippen molar-refractivity contribution < 1.29 is 9.00 Å². The van der Waals surface area contributed by atoms with Crippen LogP contribution in [0.4, 0.5) is 0 Å². The van der Waals surface area contributed by atoms with E-state index in [1.165, 1.54) is 19.0 Å². The number of hydrogen-bond acceptors (Lipinski definition) is 4. The van der Waals surface area contributed by atoms with E-state index in [0.29, 0.717) is 11.1 Å². The Balaban J connectivity index is 2.02. The molecule has 1 fully saturated rings. The molecular weight excluding hydrogens is 252 g/mol. The van der Waals surface area contributed by atoms with Crippen molar-refractivity contribution in [2.75, 3.05) is 19.3 Å². The van der Waals surface area contributed by atoms with Gasteiger partial charge in [-0.3, -0.25) is 13.6 Å². The van der Waals surface area contributed by atoms with Crippen LogP contribution >= 0.6 is 0 Å². The van der Waals surface area contributed by atoms with Crippen LogP contribution in [-0.2, 0) is 22.1 Å². The van der Waals surface area contributed by atoms with E-state index in [-0.39, 0.29) is 12.5 Å². The van der Waals surface area contributed by atoms with Gasteiger partial charge in [-0.1, -0.05) is 6.92 Å². The fourth-order valence-corrected chi connectivity index (χ4v) is 2.84. The van der Waals surface area contributed by atoms with Gasteiger partial charge >= 0.3 is 0 Å². The standard InChI is InChI=1S/C11H18N4O2S/c1-9-4-3-5-14(6-9)10(16)7-15-8-12-13-11(15)18(2)17/h8-9H,3-7H2,1-2H3. The Hall–Kier alpha value is -1.24. The zero-order valence-electron chi connectivity index (χ0n) is 10.7. The van der Waals surface area contributed by atoms with Gasteiger partial charge in [-0.2, -0.15) is 0 Å². The number of carbonyl (C=O) groups excluding carboxylic acids is 1. The number of hydrogen-bond donors (Lipinski definition) is 0. The van der Waals surface area contributed by atoms with Crippen LogP contribution in [0.5, 0.6) is 0 Å². The van der Waals surface area contributed by atoms with Crippen LogP contribution in [0.1, 0.15) is 19.8 Å². The lowest BCUT2D eigenvalue weighted by atomic mass is 10.0. The van der Waals surface area contributed by atoms with E-state index in [9.17, 15) is 9.00 Å². The van der Waals surface area contributed by atoms with Crippen LogP contribution < -0.4 is 0 Å². The molecule has 2 unspecified atom stereocenters. The highest BCUT2D eigenvalue weighted by molar-refractivity contribution is 7.84. The van der Waals surface area contributed by atoms with Crippen molar-refractivity contribution in [3.05, 3.63) is 6.33 Å². The number of carbonyl (C=O) groups is 1. The molecule has 1 amide bonds. The molecule has 0 aromatic carbocycles. The lowest BCUT2D eigenvalue weighted by molar-refractivity contribution is -0.133. The van der Waals surface area contributed by atoms with Gasteiger partial charge in [0.1, 0.15) is 12.9 Å². The minimum absolute atomic E-state index is 0.0491. The van der Waals surface area contributed by atoms with E-state index in [4.69, 9.17) is 0 Å². The smallest absolute Gasteiger partial charge is 0.242 e. The Morgan fingerprint density at radius 3 is 3.06 bits per heavy atom. The summed E-state index contributed by atoms with van der Waals surface area (Å²) in [7, 11) is -1.22. The van der Waals surface area contributed by atoms with Gasteiger partial charge in [-0.25, -0.2) is 0 Å². The summed E-state index contributed by atoms with van der Waals surface area (Å²) in [6, 6.07) is 0. The molecule has 2 atom stereocenters. The van der Waals surface area contributed by atoms with E-state index in [1.807, 2.05) is 4.90 Å². The maximum absolute atomic E-state index is 12.1. The number of amides is 1. The van der Waals surface area contributed by atoms with Gasteiger partial charge in [0.15, 0.2) is 0 Å².